The van der Waals surface area contributed by atoms with Crippen molar-refractivity contribution in [2.45, 2.75) is 45.4 Å². The number of halogens is 1. The molecule has 1 heterocycles. The van der Waals surface area contributed by atoms with Crippen molar-refractivity contribution in [3.8, 4) is 0 Å². The summed E-state index contributed by atoms with van der Waals surface area (Å²) in [7, 11) is 1.62. The number of aliphatic hydroxyl groups is 1. The van der Waals surface area contributed by atoms with Gasteiger partial charge in [0.2, 0.25) is 0 Å². The molecule has 2 atom stereocenters. The molecule has 0 saturated heterocycles. The van der Waals surface area contributed by atoms with Crippen LogP contribution < -0.4 is 0 Å². The lowest BCUT2D eigenvalue weighted by Crippen LogP contribution is -2.35. The fraction of sp³-hybridized carbons (Fsp3) is 0.727. The average molecular weight is 291 g/mol. The minimum atomic E-state index is -0.695. The van der Waals surface area contributed by atoms with Crippen LogP contribution in [0.25, 0.3) is 0 Å². The van der Waals surface area contributed by atoms with Gasteiger partial charge in [-0.2, -0.15) is 5.10 Å². The highest BCUT2D eigenvalue weighted by Gasteiger charge is 2.35. The third-order valence-corrected chi connectivity index (χ3v) is 3.75. The first-order chi connectivity index (χ1) is 7.50. The summed E-state index contributed by atoms with van der Waals surface area (Å²) in [5.41, 5.74) is 0.184. The van der Waals surface area contributed by atoms with Gasteiger partial charge in [-0.3, -0.25) is 4.68 Å². The molecule has 0 fully saturated rings. The Balaban J connectivity index is 3.12. The fourth-order valence-corrected chi connectivity index (χ4v) is 2.15. The Hall–Kier alpha value is -0.390. The molecule has 0 spiro atoms. The molecule has 2 unspecified atom stereocenters. The van der Waals surface area contributed by atoms with E-state index in [4.69, 9.17) is 4.74 Å². The Morgan fingerprint density at radius 3 is 2.69 bits per heavy atom. The summed E-state index contributed by atoms with van der Waals surface area (Å²) < 4.78 is 8.01. The highest BCUT2D eigenvalue weighted by Crippen LogP contribution is 2.35. The van der Waals surface area contributed by atoms with E-state index in [1.54, 1.807) is 18.0 Å². The van der Waals surface area contributed by atoms with E-state index in [1.807, 2.05) is 20.8 Å². The van der Waals surface area contributed by atoms with Crippen molar-refractivity contribution in [2.75, 3.05) is 7.11 Å². The smallest absolute Gasteiger partial charge is 0.125 e. The zero-order chi connectivity index (χ0) is 12.3. The van der Waals surface area contributed by atoms with E-state index in [0.717, 1.165) is 23.1 Å². The molecule has 0 bridgehead atoms. The second-order valence-corrected chi connectivity index (χ2v) is 4.82. The minimum absolute atomic E-state index is 0.588. The van der Waals surface area contributed by atoms with E-state index >= 15 is 0 Å². The van der Waals surface area contributed by atoms with Crippen LogP contribution >= 0.6 is 15.9 Å². The van der Waals surface area contributed by atoms with Crippen LogP contribution in [0.4, 0.5) is 0 Å². The second kappa shape index (κ2) is 5.29. The quantitative estimate of drug-likeness (QED) is 0.906. The van der Waals surface area contributed by atoms with Crippen molar-refractivity contribution < 1.29 is 9.84 Å². The number of hydrogen-bond acceptors (Lipinski definition) is 3. The van der Waals surface area contributed by atoms with Crippen LogP contribution in [-0.4, -0.2) is 27.6 Å². The van der Waals surface area contributed by atoms with Crippen LogP contribution in [0, 0.1) is 0 Å². The largest absolute Gasteiger partial charge is 0.384 e. The van der Waals surface area contributed by atoms with Crippen LogP contribution in [0.2, 0.25) is 0 Å². The normalized spacial score (nSPS) is 17.1. The summed E-state index contributed by atoms with van der Waals surface area (Å²) in [6, 6.07) is 0. The van der Waals surface area contributed by atoms with E-state index in [-0.39, 0.29) is 0 Å². The molecule has 0 aromatic carbocycles. The van der Waals surface area contributed by atoms with Gasteiger partial charge in [0.25, 0.3) is 0 Å². The molecule has 0 aliphatic heterocycles. The molecule has 0 saturated carbocycles. The molecule has 1 aromatic rings. The Morgan fingerprint density at radius 1 is 1.62 bits per heavy atom. The van der Waals surface area contributed by atoms with Gasteiger partial charge in [-0.25, -0.2) is 0 Å². The maximum atomic E-state index is 10.4. The molecular weight excluding hydrogens is 272 g/mol. The number of rotatable bonds is 5. The van der Waals surface area contributed by atoms with Gasteiger partial charge < -0.3 is 9.84 Å². The second-order valence-electron chi connectivity index (χ2n) is 3.97. The summed E-state index contributed by atoms with van der Waals surface area (Å²) >= 11 is 3.41. The molecule has 0 radical (unpaired) electrons. The average Bonchev–Trinajstić information content (AvgIpc) is 2.68. The van der Waals surface area contributed by atoms with Gasteiger partial charge in [0.05, 0.1) is 22.0 Å². The summed E-state index contributed by atoms with van der Waals surface area (Å²) in [4.78, 5) is 0. The zero-order valence-electron chi connectivity index (χ0n) is 10.2. The van der Waals surface area contributed by atoms with Gasteiger partial charge in [0.1, 0.15) is 6.10 Å². The topological polar surface area (TPSA) is 47.3 Å². The molecular formula is C11H19BrN2O2. The van der Waals surface area contributed by atoms with Crippen molar-refractivity contribution >= 4 is 15.9 Å². The number of aliphatic hydroxyl groups excluding tert-OH is 1. The van der Waals surface area contributed by atoms with Gasteiger partial charge in [-0.15, -0.1) is 0 Å². The van der Waals surface area contributed by atoms with Crippen LogP contribution in [0.5, 0.6) is 0 Å². The van der Waals surface area contributed by atoms with Crippen molar-refractivity contribution in [3.63, 3.8) is 0 Å². The van der Waals surface area contributed by atoms with Gasteiger partial charge in [0, 0.05) is 13.7 Å². The molecule has 0 amide bonds. The molecule has 0 aliphatic rings. The zero-order valence-corrected chi connectivity index (χ0v) is 11.8. The predicted octanol–water partition coefficient (Wildman–Crippen LogP) is 2.51. The van der Waals surface area contributed by atoms with E-state index in [2.05, 4.69) is 21.0 Å². The minimum Gasteiger partial charge on any atom is -0.384 e. The summed E-state index contributed by atoms with van der Waals surface area (Å²) in [5.74, 6) is 0. The first-order valence-electron chi connectivity index (χ1n) is 5.44. The van der Waals surface area contributed by atoms with Crippen molar-refractivity contribution in [2.24, 2.45) is 0 Å². The molecule has 92 valence electrons. The standard InChI is InChI=1S/C11H19BrN2O2/c1-5-11(3,16-4)10(15)9-8(12)7-13-14(9)6-2/h7,10,15H,5-6H2,1-4H3. The highest BCUT2D eigenvalue weighted by atomic mass is 79.9. The molecule has 1 rings (SSSR count). The molecule has 16 heavy (non-hydrogen) atoms. The summed E-state index contributed by atoms with van der Waals surface area (Å²) in [5, 5.41) is 14.6. The first kappa shape index (κ1) is 13.7. The third kappa shape index (κ3) is 2.31. The first-order valence-corrected chi connectivity index (χ1v) is 6.23. The third-order valence-electron chi connectivity index (χ3n) is 3.14. The lowest BCUT2D eigenvalue weighted by molar-refractivity contribution is -0.0977. The Kier molecular flexibility index (Phi) is 4.52. The van der Waals surface area contributed by atoms with E-state index in [1.165, 1.54) is 0 Å². The van der Waals surface area contributed by atoms with Crippen molar-refractivity contribution in [3.05, 3.63) is 16.4 Å². The van der Waals surface area contributed by atoms with Crippen molar-refractivity contribution in [1.82, 2.24) is 9.78 Å². The number of methoxy groups -OCH3 is 1. The van der Waals surface area contributed by atoms with E-state index in [0.29, 0.717) is 0 Å². The molecule has 1 aromatic heterocycles. The fourth-order valence-electron chi connectivity index (χ4n) is 1.63. The Morgan fingerprint density at radius 2 is 2.25 bits per heavy atom. The maximum absolute atomic E-state index is 10.4. The Labute approximate surface area is 105 Å². The number of nitrogens with zero attached hydrogens (tertiary/aromatic N) is 2. The number of aryl methyl sites for hydroxylation is 1. The predicted molar refractivity (Wildman–Crippen MR) is 66.3 cm³/mol. The summed E-state index contributed by atoms with van der Waals surface area (Å²) in [6.07, 6.45) is 1.74. The van der Waals surface area contributed by atoms with Gasteiger partial charge >= 0.3 is 0 Å². The van der Waals surface area contributed by atoms with Crippen molar-refractivity contribution in [1.29, 1.82) is 0 Å². The van der Waals surface area contributed by atoms with Crippen LogP contribution in [0.15, 0.2) is 10.7 Å². The van der Waals surface area contributed by atoms with Gasteiger partial charge in [0.15, 0.2) is 0 Å². The number of aromatic nitrogens is 2. The van der Waals surface area contributed by atoms with Gasteiger partial charge in [-0.05, 0) is 36.2 Å². The Bertz CT molecular complexity index is 348. The van der Waals surface area contributed by atoms with Crippen LogP contribution in [0.3, 0.4) is 0 Å². The lowest BCUT2D eigenvalue weighted by atomic mass is 9.93. The lowest BCUT2D eigenvalue weighted by Gasteiger charge is -2.32. The van der Waals surface area contributed by atoms with Crippen LogP contribution in [0.1, 0.15) is 39.0 Å². The van der Waals surface area contributed by atoms with E-state index in [9.17, 15) is 5.11 Å². The molecule has 5 heteroatoms. The summed E-state index contributed by atoms with van der Waals surface area (Å²) in [6.45, 7) is 6.61. The van der Waals surface area contributed by atoms with E-state index < -0.39 is 11.7 Å². The monoisotopic (exact) mass is 290 g/mol. The molecule has 0 aliphatic carbocycles. The number of ether oxygens (including phenoxy) is 1. The SMILES string of the molecule is CCn1ncc(Br)c1C(O)C(C)(CC)OC. The van der Waals surface area contributed by atoms with Crippen LogP contribution in [-0.2, 0) is 11.3 Å². The molecule has 1 N–H and O–H groups in total. The number of hydrogen-bond donors (Lipinski definition) is 1. The van der Waals surface area contributed by atoms with Gasteiger partial charge in [-0.1, -0.05) is 6.92 Å². The highest BCUT2D eigenvalue weighted by molar-refractivity contribution is 9.10. The maximum Gasteiger partial charge on any atom is 0.125 e. The molecule has 4 nitrogen and oxygen atoms in total.